The lowest BCUT2D eigenvalue weighted by molar-refractivity contribution is -0.210. The Bertz CT molecular complexity index is 1560. The summed E-state index contributed by atoms with van der Waals surface area (Å²) in [6.07, 6.45) is -5.69. The van der Waals surface area contributed by atoms with Gasteiger partial charge in [0.1, 0.15) is 36.4 Å². The smallest absolute Gasteiger partial charge is 0.417 e. The average molecular weight is 650 g/mol. The quantitative estimate of drug-likeness (QED) is 0.116. The molecule has 4 aromatic carbocycles. The molecular weight excluding hydrogens is 615 g/mol. The van der Waals surface area contributed by atoms with Gasteiger partial charge in [-0.05, 0) is 29.3 Å². The fourth-order valence-corrected chi connectivity index (χ4v) is 6.22. The summed E-state index contributed by atoms with van der Waals surface area (Å²) >= 11 is 1.36. The highest BCUT2D eigenvalue weighted by atomic mass is 32.2. The highest BCUT2D eigenvalue weighted by molar-refractivity contribution is 7.99. The number of carbonyl (C=O) groups excluding carboxylic acids is 1. The number of benzene rings is 4. The van der Waals surface area contributed by atoms with Crippen molar-refractivity contribution in [2.24, 2.45) is 4.99 Å². The number of hydrogen-bond acceptors (Lipinski definition) is 7. The van der Waals surface area contributed by atoms with E-state index in [1.54, 1.807) is 0 Å². The van der Waals surface area contributed by atoms with E-state index in [4.69, 9.17) is 23.9 Å². The molecule has 0 aliphatic carbocycles. The average Bonchev–Trinajstić information content (AvgIpc) is 3.06. The highest BCUT2D eigenvalue weighted by Crippen LogP contribution is 2.38. The third-order valence-electron chi connectivity index (χ3n) is 7.28. The summed E-state index contributed by atoms with van der Waals surface area (Å²) < 4.78 is 66.8. The molecule has 1 fully saturated rings. The van der Waals surface area contributed by atoms with Crippen LogP contribution >= 0.6 is 11.8 Å². The lowest BCUT2D eigenvalue weighted by atomic mass is 9.97. The number of rotatable bonds is 12. The van der Waals surface area contributed by atoms with Gasteiger partial charge in [-0.15, -0.1) is 0 Å². The molecule has 10 heteroatoms. The number of aliphatic imine (C=N–C) groups is 1. The zero-order chi connectivity index (χ0) is 32.4. The van der Waals surface area contributed by atoms with Crippen LogP contribution in [0, 0.1) is 0 Å². The Hall–Kier alpha value is -3.96. The minimum atomic E-state index is -4.57. The van der Waals surface area contributed by atoms with Crippen molar-refractivity contribution < 1.29 is 36.9 Å². The molecule has 0 saturated carbocycles. The zero-order valence-corrected chi connectivity index (χ0v) is 25.9. The van der Waals surface area contributed by atoms with Crippen molar-refractivity contribution in [1.29, 1.82) is 0 Å². The van der Waals surface area contributed by atoms with Crippen LogP contribution in [0.3, 0.4) is 0 Å². The summed E-state index contributed by atoms with van der Waals surface area (Å²) in [6.45, 7) is 1.58. The van der Waals surface area contributed by atoms with Crippen LogP contribution in [0.1, 0.15) is 29.2 Å². The molecule has 4 aromatic rings. The largest absolute Gasteiger partial charge is 0.463 e. The molecule has 0 aromatic heterocycles. The normalized spacial score (nSPS) is 21.7. The second kappa shape index (κ2) is 16.0. The van der Waals surface area contributed by atoms with Gasteiger partial charge in [-0.1, -0.05) is 109 Å². The van der Waals surface area contributed by atoms with Crippen LogP contribution in [-0.4, -0.2) is 48.6 Å². The Morgan fingerprint density at radius 2 is 1.35 bits per heavy atom. The summed E-state index contributed by atoms with van der Waals surface area (Å²) in [7, 11) is 0. The molecule has 1 aliphatic heterocycles. The Kier molecular flexibility index (Phi) is 11.7. The zero-order valence-electron chi connectivity index (χ0n) is 25.1. The molecule has 6 nitrogen and oxygen atoms in total. The minimum absolute atomic E-state index is 0.0796. The van der Waals surface area contributed by atoms with E-state index in [2.05, 4.69) is 0 Å². The van der Waals surface area contributed by atoms with E-state index in [-0.39, 0.29) is 25.4 Å². The van der Waals surface area contributed by atoms with E-state index in [0.29, 0.717) is 0 Å². The van der Waals surface area contributed by atoms with Gasteiger partial charge in [-0.2, -0.15) is 13.2 Å². The molecule has 0 unspecified atom stereocenters. The number of carbonyl (C=O) groups is 1. The minimum Gasteiger partial charge on any atom is -0.463 e. The molecule has 46 heavy (non-hydrogen) atoms. The first-order chi connectivity index (χ1) is 22.3. The molecule has 0 bridgehead atoms. The van der Waals surface area contributed by atoms with Crippen molar-refractivity contribution in [3.05, 3.63) is 138 Å². The fourth-order valence-electron chi connectivity index (χ4n) is 5.07. The maximum atomic E-state index is 13.9. The Morgan fingerprint density at radius 1 is 0.804 bits per heavy atom. The predicted molar refractivity (Wildman–Crippen MR) is 170 cm³/mol. The summed E-state index contributed by atoms with van der Waals surface area (Å²) in [6, 6.07) is 33.0. The van der Waals surface area contributed by atoms with E-state index >= 15 is 0 Å². The van der Waals surface area contributed by atoms with Crippen LogP contribution in [0.25, 0.3) is 0 Å². The van der Waals surface area contributed by atoms with Gasteiger partial charge in [0.25, 0.3) is 0 Å². The van der Waals surface area contributed by atoms with Crippen molar-refractivity contribution in [3.63, 3.8) is 0 Å². The van der Waals surface area contributed by atoms with Crippen molar-refractivity contribution in [2.75, 3.05) is 6.61 Å². The predicted octanol–water partition coefficient (Wildman–Crippen LogP) is 7.74. The summed E-state index contributed by atoms with van der Waals surface area (Å²) in [5.41, 5.74) is 0.188. The van der Waals surface area contributed by atoms with Crippen molar-refractivity contribution in [1.82, 2.24) is 0 Å². The molecule has 240 valence electrons. The van der Waals surface area contributed by atoms with Crippen molar-refractivity contribution in [3.8, 4) is 0 Å². The molecule has 5 rings (SSSR count). The Labute approximate surface area is 270 Å². The molecule has 0 N–H and O–H groups in total. The van der Waals surface area contributed by atoms with Crippen LogP contribution < -0.4 is 0 Å². The van der Waals surface area contributed by atoms with Gasteiger partial charge in [0, 0.05) is 23.6 Å². The molecular formula is C36H34F3NO5S. The standard InChI is InChI=1S/C36H34F3NO5S/c1-25(41)42-24-31-33(43-22-26-13-5-2-6-14-26)34(44-23-27-15-7-3-8-16-27)32(35(45-31)46-29-18-9-4-10-19-29)40-21-28-17-11-12-20-30(28)36(37,38)39/h2-21,31-35H,22-24H2,1H3/t31-,32-,33+,34-,35-/m1/s1. The van der Waals surface area contributed by atoms with E-state index in [1.165, 1.54) is 43.1 Å². The van der Waals surface area contributed by atoms with Crippen LogP contribution in [0.5, 0.6) is 0 Å². The lowest BCUT2D eigenvalue weighted by Crippen LogP contribution is -2.59. The summed E-state index contributed by atoms with van der Waals surface area (Å²) in [4.78, 5) is 17.5. The third-order valence-corrected chi connectivity index (χ3v) is 8.45. The number of ether oxygens (including phenoxy) is 4. The number of halogens is 3. The third kappa shape index (κ3) is 9.29. The molecule has 1 saturated heterocycles. The number of esters is 1. The lowest BCUT2D eigenvalue weighted by Gasteiger charge is -2.44. The SMILES string of the molecule is CC(=O)OC[C@H]1O[C@H](Sc2ccccc2)[C@H](N=Cc2ccccc2C(F)(F)F)[C@@H](OCc2ccccc2)[C@H]1OCc1ccccc1. The van der Waals surface area contributed by atoms with Crippen LogP contribution in [0.2, 0.25) is 0 Å². The summed E-state index contributed by atoms with van der Waals surface area (Å²) in [5.74, 6) is -0.483. The van der Waals surface area contributed by atoms with Gasteiger partial charge in [0.2, 0.25) is 0 Å². The van der Waals surface area contributed by atoms with Crippen molar-refractivity contribution >= 4 is 23.9 Å². The number of hydrogen-bond donors (Lipinski definition) is 0. The second-order valence-electron chi connectivity index (χ2n) is 10.7. The highest BCUT2D eigenvalue weighted by Gasteiger charge is 2.48. The second-order valence-corrected chi connectivity index (χ2v) is 11.8. The van der Waals surface area contributed by atoms with E-state index in [1.807, 2.05) is 91.0 Å². The maximum absolute atomic E-state index is 13.9. The topological polar surface area (TPSA) is 66.4 Å². The monoisotopic (exact) mass is 649 g/mol. The first-order valence-electron chi connectivity index (χ1n) is 14.8. The van der Waals surface area contributed by atoms with E-state index in [9.17, 15) is 18.0 Å². The molecule has 0 amide bonds. The van der Waals surface area contributed by atoms with E-state index in [0.717, 1.165) is 22.1 Å². The molecule has 1 heterocycles. The number of nitrogens with zero attached hydrogens (tertiary/aromatic N) is 1. The molecule has 5 atom stereocenters. The molecule has 0 spiro atoms. The van der Waals surface area contributed by atoms with Crippen LogP contribution in [0.15, 0.2) is 125 Å². The Morgan fingerprint density at radius 3 is 1.93 bits per heavy atom. The van der Waals surface area contributed by atoms with Gasteiger partial charge >= 0.3 is 12.1 Å². The molecule has 1 aliphatic rings. The van der Waals surface area contributed by atoms with Gasteiger partial charge in [0.15, 0.2) is 0 Å². The van der Waals surface area contributed by atoms with Crippen LogP contribution in [-0.2, 0) is 43.1 Å². The first-order valence-corrected chi connectivity index (χ1v) is 15.7. The van der Waals surface area contributed by atoms with Gasteiger partial charge in [0.05, 0.1) is 18.8 Å². The van der Waals surface area contributed by atoms with Gasteiger partial charge in [-0.3, -0.25) is 9.79 Å². The van der Waals surface area contributed by atoms with Crippen molar-refractivity contribution in [2.45, 2.75) is 61.0 Å². The Balaban J connectivity index is 1.56. The van der Waals surface area contributed by atoms with Gasteiger partial charge < -0.3 is 18.9 Å². The van der Waals surface area contributed by atoms with Crippen LogP contribution in [0.4, 0.5) is 13.2 Å². The van der Waals surface area contributed by atoms with Gasteiger partial charge in [-0.25, -0.2) is 0 Å². The maximum Gasteiger partial charge on any atom is 0.417 e. The first kappa shape index (κ1) is 33.4. The number of alkyl halides is 3. The fraction of sp³-hybridized carbons (Fsp3) is 0.278. The molecule has 0 radical (unpaired) electrons. The number of thioether (sulfide) groups is 1. The summed E-state index contributed by atoms with van der Waals surface area (Å²) in [5, 5.41) is 0. The van der Waals surface area contributed by atoms with E-state index < -0.39 is 47.5 Å².